The second-order valence-electron chi connectivity index (χ2n) is 5.31. The van der Waals surface area contributed by atoms with Crippen molar-refractivity contribution in [3.63, 3.8) is 0 Å². The molecule has 1 rings (SSSR count). The quantitative estimate of drug-likeness (QED) is 0.221. The van der Waals surface area contributed by atoms with Crippen molar-refractivity contribution in [1.82, 2.24) is 10.6 Å². The number of nitrogens with zero attached hydrogens (tertiary/aromatic N) is 1. The highest BCUT2D eigenvalue weighted by Crippen LogP contribution is 2.10. The second kappa shape index (κ2) is 14.3. The first-order valence-corrected chi connectivity index (χ1v) is 8.05. The van der Waals surface area contributed by atoms with Crippen LogP contribution in [0.4, 0.5) is 5.69 Å². The van der Waals surface area contributed by atoms with Crippen molar-refractivity contribution in [2.24, 2.45) is 4.99 Å². The van der Waals surface area contributed by atoms with E-state index in [0.29, 0.717) is 19.8 Å². The maximum absolute atomic E-state index is 5.14. The summed E-state index contributed by atoms with van der Waals surface area (Å²) in [6.45, 7) is 7.73. The van der Waals surface area contributed by atoms with Crippen molar-refractivity contribution >= 4 is 35.6 Å². The van der Waals surface area contributed by atoms with Gasteiger partial charge in [-0.3, -0.25) is 0 Å². The summed E-state index contributed by atoms with van der Waals surface area (Å²) < 4.78 is 10.2. The monoisotopic (exact) mass is 450 g/mol. The molecule has 0 saturated carbocycles. The maximum atomic E-state index is 5.14. The van der Waals surface area contributed by atoms with E-state index in [-0.39, 0.29) is 30.0 Å². The van der Waals surface area contributed by atoms with E-state index in [0.717, 1.165) is 24.7 Å². The molecular formula is C17H31IN4O2. The number of benzene rings is 1. The zero-order valence-electron chi connectivity index (χ0n) is 15.1. The van der Waals surface area contributed by atoms with Gasteiger partial charge in [-0.15, -0.1) is 24.0 Å². The topological polar surface area (TPSA) is 66.9 Å². The normalized spacial score (nSPS) is 12.2. The van der Waals surface area contributed by atoms with Gasteiger partial charge in [0.1, 0.15) is 0 Å². The van der Waals surface area contributed by atoms with Gasteiger partial charge in [0.15, 0.2) is 5.96 Å². The maximum Gasteiger partial charge on any atom is 0.191 e. The number of halogens is 1. The summed E-state index contributed by atoms with van der Waals surface area (Å²) in [5, 5.41) is 9.87. The van der Waals surface area contributed by atoms with Gasteiger partial charge in [-0.2, -0.15) is 0 Å². The van der Waals surface area contributed by atoms with E-state index in [4.69, 9.17) is 9.47 Å². The first kappa shape index (κ1) is 22.9. The SMILES string of the molecule is CCNC(=NCc1ccc(NCCOC)cc1)NC(C)COC.I. The Morgan fingerprint density at radius 1 is 1.17 bits per heavy atom. The third-order valence-corrected chi connectivity index (χ3v) is 3.15. The standard InChI is InChI=1S/C17H30N4O2.HI/c1-5-18-17(21-14(2)13-23-4)20-12-15-6-8-16(9-7-15)19-10-11-22-3;/h6-9,14,19H,5,10-13H2,1-4H3,(H2,18,20,21);1H. The van der Waals surface area contributed by atoms with Gasteiger partial charge >= 0.3 is 0 Å². The van der Waals surface area contributed by atoms with Gasteiger partial charge in [0.2, 0.25) is 0 Å². The molecule has 138 valence electrons. The average Bonchev–Trinajstić information content (AvgIpc) is 2.54. The Labute approximate surface area is 162 Å². The molecule has 0 aromatic heterocycles. The Kier molecular flexibility index (Phi) is 13.7. The van der Waals surface area contributed by atoms with E-state index in [1.165, 1.54) is 5.56 Å². The van der Waals surface area contributed by atoms with Crippen molar-refractivity contribution in [2.45, 2.75) is 26.4 Å². The second-order valence-corrected chi connectivity index (χ2v) is 5.31. The van der Waals surface area contributed by atoms with Gasteiger partial charge in [0, 0.05) is 39.0 Å². The van der Waals surface area contributed by atoms with Crippen LogP contribution in [0.15, 0.2) is 29.3 Å². The lowest BCUT2D eigenvalue weighted by Gasteiger charge is -2.17. The van der Waals surface area contributed by atoms with E-state index in [1.807, 2.05) is 0 Å². The van der Waals surface area contributed by atoms with Crippen LogP contribution in [0.3, 0.4) is 0 Å². The minimum absolute atomic E-state index is 0. The zero-order chi connectivity index (χ0) is 16.9. The van der Waals surface area contributed by atoms with E-state index in [9.17, 15) is 0 Å². The van der Waals surface area contributed by atoms with Crippen LogP contribution >= 0.6 is 24.0 Å². The molecule has 0 spiro atoms. The van der Waals surface area contributed by atoms with Crippen LogP contribution in [-0.4, -0.2) is 52.5 Å². The molecule has 1 atom stereocenters. The Morgan fingerprint density at radius 2 is 1.88 bits per heavy atom. The molecule has 0 radical (unpaired) electrons. The zero-order valence-corrected chi connectivity index (χ0v) is 17.4. The number of aliphatic imine (C=N–C) groups is 1. The molecule has 0 heterocycles. The molecule has 0 aliphatic carbocycles. The average molecular weight is 450 g/mol. The third kappa shape index (κ3) is 9.94. The predicted octanol–water partition coefficient (Wildman–Crippen LogP) is 2.45. The largest absolute Gasteiger partial charge is 0.383 e. The highest BCUT2D eigenvalue weighted by Gasteiger charge is 2.04. The fourth-order valence-corrected chi connectivity index (χ4v) is 2.04. The number of hydrogen-bond acceptors (Lipinski definition) is 4. The summed E-state index contributed by atoms with van der Waals surface area (Å²) in [6, 6.07) is 8.51. The molecule has 1 aromatic rings. The van der Waals surface area contributed by atoms with Crippen LogP contribution in [0.25, 0.3) is 0 Å². The smallest absolute Gasteiger partial charge is 0.191 e. The van der Waals surface area contributed by atoms with Crippen molar-refractivity contribution in [3.05, 3.63) is 29.8 Å². The van der Waals surface area contributed by atoms with Crippen molar-refractivity contribution in [1.29, 1.82) is 0 Å². The van der Waals surface area contributed by atoms with Gasteiger partial charge in [-0.25, -0.2) is 4.99 Å². The first-order chi connectivity index (χ1) is 11.2. The van der Waals surface area contributed by atoms with E-state index < -0.39 is 0 Å². The van der Waals surface area contributed by atoms with Gasteiger partial charge in [0.05, 0.1) is 19.8 Å². The highest BCUT2D eigenvalue weighted by atomic mass is 127. The lowest BCUT2D eigenvalue weighted by atomic mass is 10.2. The minimum atomic E-state index is 0. The van der Waals surface area contributed by atoms with Gasteiger partial charge in [0.25, 0.3) is 0 Å². The van der Waals surface area contributed by atoms with Gasteiger partial charge in [-0.1, -0.05) is 12.1 Å². The van der Waals surface area contributed by atoms with Crippen molar-refractivity contribution < 1.29 is 9.47 Å². The summed E-state index contributed by atoms with van der Waals surface area (Å²) in [4.78, 5) is 4.61. The molecule has 0 bridgehead atoms. The highest BCUT2D eigenvalue weighted by molar-refractivity contribution is 14.0. The van der Waals surface area contributed by atoms with Crippen LogP contribution in [0, 0.1) is 0 Å². The number of ether oxygens (including phenoxy) is 2. The van der Waals surface area contributed by atoms with E-state index >= 15 is 0 Å². The summed E-state index contributed by atoms with van der Waals surface area (Å²) in [6.07, 6.45) is 0. The molecule has 0 aliphatic rings. The minimum Gasteiger partial charge on any atom is -0.383 e. The Balaban J connectivity index is 0.00000529. The lowest BCUT2D eigenvalue weighted by Crippen LogP contribution is -2.43. The Bertz CT molecular complexity index is 454. The van der Waals surface area contributed by atoms with Crippen LogP contribution in [0.2, 0.25) is 0 Å². The number of anilines is 1. The van der Waals surface area contributed by atoms with Crippen LogP contribution in [0.1, 0.15) is 19.4 Å². The summed E-state index contributed by atoms with van der Waals surface area (Å²) in [5.74, 6) is 0.805. The molecule has 24 heavy (non-hydrogen) atoms. The first-order valence-electron chi connectivity index (χ1n) is 8.05. The number of nitrogens with one attached hydrogen (secondary N) is 3. The predicted molar refractivity (Wildman–Crippen MR) is 112 cm³/mol. The molecule has 0 aliphatic heterocycles. The molecular weight excluding hydrogens is 419 g/mol. The van der Waals surface area contributed by atoms with Crippen molar-refractivity contribution in [3.8, 4) is 0 Å². The number of methoxy groups -OCH3 is 2. The van der Waals surface area contributed by atoms with Crippen LogP contribution in [0.5, 0.6) is 0 Å². The molecule has 1 unspecified atom stereocenters. The summed E-state index contributed by atoms with van der Waals surface area (Å²) in [7, 11) is 3.40. The molecule has 7 heteroatoms. The lowest BCUT2D eigenvalue weighted by molar-refractivity contribution is 0.179. The molecule has 0 saturated heterocycles. The molecule has 6 nitrogen and oxygen atoms in total. The van der Waals surface area contributed by atoms with Crippen molar-refractivity contribution in [2.75, 3.05) is 45.8 Å². The van der Waals surface area contributed by atoms with E-state index in [1.54, 1.807) is 14.2 Å². The third-order valence-electron chi connectivity index (χ3n) is 3.15. The van der Waals surface area contributed by atoms with E-state index in [2.05, 4.69) is 59.1 Å². The number of hydrogen-bond donors (Lipinski definition) is 3. The fraction of sp³-hybridized carbons (Fsp3) is 0.588. The van der Waals surface area contributed by atoms with Crippen LogP contribution < -0.4 is 16.0 Å². The molecule has 3 N–H and O–H groups in total. The molecule has 0 amide bonds. The van der Waals surface area contributed by atoms with Crippen LogP contribution in [-0.2, 0) is 16.0 Å². The van der Waals surface area contributed by atoms with Gasteiger partial charge in [-0.05, 0) is 31.5 Å². The molecule has 0 fully saturated rings. The summed E-state index contributed by atoms with van der Waals surface area (Å²) in [5.41, 5.74) is 2.26. The number of rotatable bonds is 10. The summed E-state index contributed by atoms with van der Waals surface area (Å²) >= 11 is 0. The molecule has 1 aromatic carbocycles. The Hall–Kier alpha value is -1.06. The Morgan fingerprint density at radius 3 is 2.46 bits per heavy atom. The fourth-order valence-electron chi connectivity index (χ4n) is 2.04. The number of guanidine groups is 1. The van der Waals surface area contributed by atoms with Gasteiger partial charge < -0.3 is 25.4 Å².